The molecule has 0 unspecified atom stereocenters. The molecule has 0 amide bonds. The molecule has 1 heterocycles. The summed E-state index contributed by atoms with van der Waals surface area (Å²) in [6.45, 7) is 0.884. The maximum Gasteiger partial charge on any atom is 0.214 e. The van der Waals surface area contributed by atoms with Crippen molar-refractivity contribution in [1.82, 2.24) is 14.9 Å². The highest BCUT2D eigenvalue weighted by molar-refractivity contribution is 7.71. The Bertz CT molecular complexity index is 909. The van der Waals surface area contributed by atoms with Gasteiger partial charge in [0.1, 0.15) is 12.9 Å². The molecule has 0 fully saturated rings. The maximum atomic E-state index is 6.03. The van der Waals surface area contributed by atoms with Crippen molar-refractivity contribution in [2.24, 2.45) is 0 Å². The lowest BCUT2D eigenvalue weighted by Crippen LogP contribution is -2.14. The Morgan fingerprint density at radius 1 is 1.28 bits per heavy atom. The first-order chi connectivity index (χ1) is 12.2. The van der Waals surface area contributed by atoms with E-state index in [1.807, 2.05) is 42.5 Å². The second kappa shape index (κ2) is 8.04. The zero-order valence-corrected chi connectivity index (χ0v) is 15.1. The summed E-state index contributed by atoms with van der Waals surface area (Å²) in [6.07, 6.45) is 1.58. The van der Waals surface area contributed by atoms with Gasteiger partial charge in [-0.05, 0) is 36.0 Å². The number of hydrogen-bond donors (Lipinski definition) is 2. The van der Waals surface area contributed by atoms with Gasteiger partial charge in [-0.3, -0.25) is 5.10 Å². The molecule has 0 saturated heterocycles. The topological polar surface area (TPSA) is 64.1 Å². The molecule has 0 radical (unpaired) electrons. The van der Waals surface area contributed by atoms with E-state index in [1.54, 1.807) is 18.1 Å². The molecule has 3 rings (SSSR count). The number of ether oxygens (including phenoxy) is 2. The molecule has 0 bridgehead atoms. The molecular formula is C17H17ClN4O2S. The normalized spacial score (nSPS) is 10.5. The van der Waals surface area contributed by atoms with Crippen LogP contribution >= 0.6 is 23.8 Å². The average Bonchev–Trinajstić information content (AvgIpc) is 3.03. The van der Waals surface area contributed by atoms with Gasteiger partial charge in [0.15, 0.2) is 11.5 Å². The maximum absolute atomic E-state index is 6.03. The van der Waals surface area contributed by atoms with Crippen LogP contribution in [-0.2, 0) is 13.2 Å². The molecular weight excluding hydrogens is 360 g/mol. The van der Waals surface area contributed by atoms with Crippen molar-refractivity contribution in [2.75, 3.05) is 12.5 Å². The Morgan fingerprint density at radius 2 is 2.12 bits per heavy atom. The highest BCUT2D eigenvalue weighted by Gasteiger charge is 2.11. The fraction of sp³-hybridized carbons (Fsp3) is 0.176. The molecule has 6 nitrogen and oxygen atoms in total. The van der Waals surface area contributed by atoms with Crippen LogP contribution in [0.2, 0.25) is 5.02 Å². The van der Waals surface area contributed by atoms with E-state index in [9.17, 15) is 0 Å². The summed E-state index contributed by atoms with van der Waals surface area (Å²) in [7, 11) is 1.62. The number of benzene rings is 2. The third kappa shape index (κ3) is 4.32. The van der Waals surface area contributed by atoms with Crippen LogP contribution in [0, 0.1) is 4.77 Å². The zero-order valence-electron chi connectivity index (χ0n) is 13.5. The van der Waals surface area contributed by atoms with Crippen LogP contribution in [0.5, 0.6) is 11.5 Å². The summed E-state index contributed by atoms with van der Waals surface area (Å²) < 4.78 is 13.6. The van der Waals surface area contributed by atoms with Crippen LogP contribution in [0.4, 0.5) is 0 Å². The summed E-state index contributed by atoms with van der Waals surface area (Å²) in [6, 6.07) is 13.3. The van der Waals surface area contributed by atoms with Crippen molar-refractivity contribution < 1.29 is 9.47 Å². The largest absolute Gasteiger partial charge is 0.493 e. The molecule has 130 valence electrons. The Labute approximate surface area is 155 Å². The number of rotatable bonds is 7. The first kappa shape index (κ1) is 17.3. The van der Waals surface area contributed by atoms with Crippen molar-refractivity contribution >= 4 is 23.8 Å². The van der Waals surface area contributed by atoms with E-state index in [2.05, 4.69) is 15.6 Å². The lowest BCUT2D eigenvalue weighted by molar-refractivity contribution is 0.281. The third-order valence-corrected chi connectivity index (χ3v) is 4.07. The standard InChI is InChI=1S/C17H17ClN4O2S/c1-23-15-7-3-5-13(9-20-22-11-19-21-17(22)25)16(15)24-10-12-4-2-6-14(18)8-12/h2-8,11,20H,9-10H2,1H3,(H,21,25). The van der Waals surface area contributed by atoms with Crippen molar-refractivity contribution in [3.05, 3.63) is 69.7 Å². The predicted molar refractivity (Wildman–Crippen MR) is 99.3 cm³/mol. The van der Waals surface area contributed by atoms with E-state index >= 15 is 0 Å². The molecule has 1 aromatic heterocycles. The van der Waals surface area contributed by atoms with Gasteiger partial charge in [0.05, 0.1) is 13.7 Å². The number of methoxy groups -OCH3 is 1. The molecule has 2 N–H and O–H groups in total. The van der Waals surface area contributed by atoms with Gasteiger partial charge >= 0.3 is 0 Å². The summed E-state index contributed by atoms with van der Waals surface area (Å²) in [5.74, 6) is 1.34. The first-order valence-corrected chi connectivity index (χ1v) is 8.35. The van der Waals surface area contributed by atoms with Gasteiger partial charge < -0.3 is 14.9 Å². The fourth-order valence-corrected chi connectivity index (χ4v) is 2.72. The number of para-hydroxylation sites is 1. The SMILES string of the molecule is COc1cccc(CNn2cn[nH]c2=S)c1OCc1cccc(Cl)c1. The summed E-state index contributed by atoms with van der Waals surface area (Å²) in [5, 5.41) is 7.25. The third-order valence-electron chi connectivity index (χ3n) is 3.54. The van der Waals surface area contributed by atoms with Crippen LogP contribution in [-0.4, -0.2) is 22.0 Å². The van der Waals surface area contributed by atoms with E-state index < -0.39 is 0 Å². The fourth-order valence-electron chi connectivity index (χ4n) is 2.34. The minimum atomic E-state index is 0.388. The van der Waals surface area contributed by atoms with Crippen LogP contribution in [0.3, 0.4) is 0 Å². The van der Waals surface area contributed by atoms with Gasteiger partial charge in [-0.25, -0.2) is 4.68 Å². The van der Waals surface area contributed by atoms with E-state index in [0.29, 0.717) is 34.4 Å². The van der Waals surface area contributed by atoms with Crippen molar-refractivity contribution in [1.29, 1.82) is 0 Å². The Hall–Kier alpha value is -2.51. The Kier molecular flexibility index (Phi) is 5.57. The Morgan fingerprint density at radius 3 is 2.84 bits per heavy atom. The molecule has 0 atom stereocenters. The smallest absolute Gasteiger partial charge is 0.214 e. The molecule has 0 aliphatic rings. The molecule has 2 aromatic carbocycles. The number of aromatic nitrogens is 3. The second-order valence-corrected chi connectivity index (χ2v) is 6.06. The average molecular weight is 377 g/mol. The second-order valence-electron chi connectivity index (χ2n) is 5.23. The zero-order chi connectivity index (χ0) is 17.6. The van der Waals surface area contributed by atoms with Gasteiger partial charge in [0, 0.05) is 10.6 Å². The van der Waals surface area contributed by atoms with Crippen LogP contribution in [0.25, 0.3) is 0 Å². The van der Waals surface area contributed by atoms with Gasteiger partial charge in [0.2, 0.25) is 4.77 Å². The van der Waals surface area contributed by atoms with E-state index in [1.165, 1.54) is 0 Å². The minimum absolute atomic E-state index is 0.388. The number of halogens is 1. The number of nitrogens with one attached hydrogen (secondary N) is 2. The lowest BCUT2D eigenvalue weighted by atomic mass is 10.2. The molecule has 0 spiro atoms. The number of nitrogens with zero attached hydrogens (tertiary/aromatic N) is 2. The van der Waals surface area contributed by atoms with Crippen LogP contribution in [0.15, 0.2) is 48.8 Å². The van der Waals surface area contributed by atoms with Crippen LogP contribution in [0.1, 0.15) is 11.1 Å². The summed E-state index contributed by atoms with van der Waals surface area (Å²) in [4.78, 5) is 0. The monoisotopic (exact) mass is 376 g/mol. The van der Waals surface area contributed by atoms with Gasteiger partial charge in [-0.1, -0.05) is 35.9 Å². The molecule has 8 heteroatoms. The van der Waals surface area contributed by atoms with E-state index in [4.69, 9.17) is 33.3 Å². The number of aromatic amines is 1. The minimum Gasteiger partial charge on any atom is -0.493 e. The van der Waals surface area contributed by atoms with E-state index in [0.717, 1.165) is 11.1 Å². The highest BCUT2D eigenvalue weighted by Crippen LogP contribution is 2.32. The molecule has 0 aliphatic carbocycles. The summed E-state index contributed by atoms with van der Waals surface area (Å²) in [5.41, 5.74) is 5.09. The first-order valence-electron chi connectivity index (χ1n) is 7.56. The van der Waals surface area contributed by atoms with Crippen molar-refractivity contribution in [2.45, 2.75) is 13.2 Å². The highest BCUT2D eigenvalue weighted by atomic mass is 35.5. The molecule has 25 heavy (non-hydrogen) atoms. The number of hydrogen-bond acceptors (Lipinski definition) is 5. The van der Waals surface area contributed by atoms with E-state index in [-0.39, 0.29) is 0 Å². The molecule has 3 aromatic rings. The van der Waals surface area contributed by atoms with Gasteiger partial charge in [0.25, 0.3) is 0 Å². The predicted octanol–water partition coefficient (Wildman–Crippen LogP) is 3.93. The van der Waals surface area contributed by atoms with Crippen molar-refractivity contribution in [3.63, 3.8) is 0 Å². The summed E-state index contributed by atoms with van der Waals surface area (Å²) >= 11 is 11.1. The van der Waals surface area contributed by atoms with Gasteiger partial charge in [-0.15, -0.1) is 0 Å². The number of H-pyrrole nitrogens is 1. The lowest BCUT2D eigenvalue weighted by Gasteiger charge is -2.16. The van der Waals surface area contributed by atoms with Gasteiger partial charge in [-0.2, -0.15) is 5.10 Å². The van der Waals surface area contributed by atoms with Crippen LogP contribution < -0.4 is 14.9 Å². The Balaban J connectivity index is 1.78. The van der Waals surface area contributed by atoms with Crippen molar-refractivity contribution in [3.8, 4) is 11.5 Å². The molecule has 0 saturated carbocycles. The quantitative estimate of drug-likeness (QED) is 0.612. The molecule has 0 aliphatic heterocycles.